The Balaban J connectivity index is 1.82. The summed E-state index contributed by atoms with van der Waals surface area (Å²) in [6.45, 7) is 0. The first kappa shape index (κ1) is 15.0. The molecule has 0 aliphatic heterocycles. The quantitative estimate of drug-likeness (QED) is 0.678. The second kappa shape index (κ2) is 6.14. The van der Waals surface area contributed by atoms with Gasteiger partial charge in [0.05, 0.1) is 24.6 Å². The van der Waals surface area contributed by atoms with Crippen LogP contribution in [0.2, 0.25) is 0 Å². The lowest BCUT2D eigenvalue weighted by Gasteiger charge is -1.97. The number of aromatic amines is 1. The number of carbonyl (C=O) groups is 1. The zero-order valence-corrected chi connectivity index (χ0v) is 14.1. The van der Waals surface area contributed by atoms with Crippen molar-refractivity contribution in [3.63, 3.8) is 0 Å². The highest BCUT2D eigenvalue weighted by molar-refractivity contribution is 7.08. The highest BCUT2D eigenvalue weighted by atomic mass is 32.1. The Bertz CT molecular complexity index is 1210. The van der Waals surface area contributed by atoms with E-state index in [2.05, 4.69) is 16.0 Å². The average molecular weight is 352 g/mol. The van der Waals surface area contributed by atoms with Crippen LogP contribution in [0.5, 0.6) is 0 Å². The number of hydrogen-bond acceptors (Lipinski definition) is 5. The Labute approximate surface area is 144 Å². The van der Waals surface area contributed by atoms with E-state index in [1.165, 1.54) is 17.4 Å². The number of ketones is 1. The van der Waals surface area contributed by atoms with Crippen LogP contribution in [0.25, 0.3) is 23.8 Å². The minimum Gasteiger partial charge on any atom is -0.313 e. The fraction of sp³-hybridized carbons (Fsp3) is 0.0556. The van der Waals surface area contributed by atoms with Gasteiger partial charge in [-0.25, -0.2) is 4.98 Å². The third kappa shape index (κ3) is 2.81. The van der Waals surface area contributed by atoms with Gasteiger partial charge < -0.3 is 4.98 Å². The maximum Gasteiger partial charge on any atom is 0.266 e. The Kier molecular flexibility index (Phi) is 3.84. The number of carbonyl (C=O) groups excluding carboxylic acids is 1. The summed E-state index contributed by atoms with van der Waals surface area (Å²) in [5.41, 5.74) is 3.18. The minimum absolute atomic E-state index is 0.120. The summed E-state index contributed by atoms with van der Waals surface area (Å²) in [4.78, 5) is 31.6. The predicted octanol–water partition coefficient (Wildman–Crippen LogP) is 0.372. The summed E-state index contributed by atoms with van der Waals surface area (Å²) in [5, 5.41) is 0.903. The van der Waals surface area contributed by atoms with Crippen molar-refractivity contribution < 1.29 is 4.79 Å². The molecule has 3 aromatic rings. The van der Waals surface area contributed by atoms with Gasteiger partial charge in [0, 0.05) is 11.6 Å². The summed E-state index contributed by atoms with van der Waals surface area (Å²) in [7, 11) is 0. The summed E-state index contributed by atoms with van der Waals surface area (Å²) in [5.74, 6) is -0.120. The van der Waals surface area contributed by atoms with Crippen LogP contribution in [0.4, 0.5) is 0 Å². The number of fused-ring (bicyclic) bond motifs is 1. The van der Waals surface area contributed by atoms with Gasteiger partial charge in [-0.1, -0.05) is 36.4 Å². The summed E-state index contributed by atoms with van der Waals surface area (Å²) in [6.07, 6.45) is 6.22. The molecule has 4 rings (SSSR count). The van der Waals surface area contributed by atoms with Crippen LogP contribution < -0.4 is 24.6 Å². The molecule has 0 atom stereocenters. The number of hydrogen-bond donors (Lipinski definition) is 1. The lowest BCUT2D eigenvalue weighted by atomic mass is 10.1. The third-order valence-corrected chi connectivity index (χ3v) is 5.64. The number of thiazole rings is 2. The van der Waals surface area contributed by atoms with Crippen LogP contribution in [0.3, 0.4) is 0 Å². The van der Waals surface area contributed by atoms with E-state index in [0.29, 0.717) is 21.2 Å². The maximum atomic E-state index is 12.3. The largest absolute Gasteiger partial charge is 0.313 e. The van der Waals surface area contributed by atoms with Crippen LogP contribution >= 0.6 is 22.7 Å². The van der Waals surface area contributed by atoms with E-state index in [9.17, 15) is 9.59 Å². The van der Waals surface area contributed by atoms with Crippen molar-refractivity contribution >= 4 is 52.3 Å². The standard InChI is InChI=1S/C18H12N2O2S2/c21-14(11-4-2-1-3-5-11)9-16-20-18(22)17(24-16)12-6-7-15-13(8-12)19-10-23-15/h1-5,7-10H,6H2,(H,20,22). The number of benzene rings is 1. The minimum atomic E-state index is -0.162. The van der Waals surface area contributed by atoms with Crippen molar-refractivity contribution in [3.8, 4) is 0 Å². The van der Waals surface area contributed by atoms with Gasteiger partial charge in [0.2, 0.25) is 0 Å². The first-order valence-corrected chi connectivity index (χ1v) is 9.05. The van der Waals surface area contributed by atoms with E-state index < -0.39 is 0 Å². The van der Waals surface area contributed by atoms with Gasteiger partial charge in [-0.15, -0.1) is 22.7 Å². The highest BCUT2D eigenvalue weighted by Crippen LogP contribution is 2.06. The van der Waals surface area contributed by atoms with E-state index >= 15 is 0 Å². The van der Waals surface area contributed by atoms with E-state index in [1.807, 2.05) is 24.3 Å². The second-order valence-electron chi connectivity index (χ2n) is 5.30. The number of H-pyrrole nitrogens is 1. The van der Waals surface area contributed by atoms with Crippen molar-refractivity contribution in [2.24, 2.45) is 0 Å². The average Bonchev–Trinajstić information content (AvgIpc) is 3.21. The normalized spacial score (nSPS) is 16.2. The molecule has 1 aromatic carbocycles. The van der Waals surface area contributed by atoms with Crippen LogP contribution in [-0.4, -0.2) is 15.8 Å². The smallest absolute Gasteiger partial charge is 0.266 e. The first-order chi connectivity index (χ1) is 11.7. The van der Waals surface area contributed by atoms with Crippen molar-refractivity contribution in [2.45, 2.75) is 6.42 Å². The van der Waals surface area contributed by atoms with Gasteiger partial charge in [0.1, 0.15) is 0 Å². The molecular formula is C18H12N2O2S2. The second-order valence-corrected chi connectivity index (χ2v) is 7.24. The van der Waals surface area contributed by atoms with Gasteiger partial charge in [0.25, 0.3) is 5.56 Å². The van der Waals surface area contributed by atoms with Crippen LogP contribution in [0.1, 0.15) is 16.8 Å². The van der Waals surface area contributed by atoms with Crippen LogP contribution in [0, 0.1) is 0 Å². The Hall–Kier alpha value is -2.57. The summed E-state index contributed by atoms with van der Waals surface area (Å²) < 4.78 is 2.34. The van der Waals surface area contributed by atoms with Gasteiger partial charge in [-0.3, -0.25) is 9.59 Å². The molecule has 0 amide bonds. The monoisotopic (exact) mass is 352 g/mol. The molecule has 2 heterocycles. The van der Waals surface area contributed by atoms with Crippen LogP contribution in [-0.2, 0) is 0 Å². The lowest BCUT2D eigenvalue weighted by Crippen LogP contribution is -2.28. The zero-order valence-electron chi connectivity index (χ0n) is 12.5. The molecule has 2 aromatic heterocycles. The topological polar surface area (TPSA) is 62.8 Å². The highest BCUT2D eigenvalue weighted by Gasteiger charge is 2.07. The molecule has 4 nitrogen and oxygen atoms in total. The lowest BCUT2D eigenvalue weighted by molar-refractivity contribution is 0.106. The van der Waals surface area contributed by atoms with Crippen molar-refractivity contribution in [2.75, 3.05) is 0 Å². The molecule has 0 fully saturated rings. The molecule has 1 N–H and O–H groups in total. The molecular weight excluding hydrogens is 340 g/mol. The van der Waals surface area contributed by atoms with E-state index in [0.717, 1.165) is 15.5 Å². The molecule has 24 heavy (non-hydrogen) atoms. The van der Waals surface area contributed by atoms with E-state index in [4.69, 9.17) is 0 Å². The number of rotatable bonds is 2. The molecule has 0 spiro atoms. The summed E-state index contributed by atoms with van der Waals surface area (Å²) >= 11 is 2.90. The van der Waals surface area contributed by atoms with Crippen molar-refractivity contribution in [1.82, 2.24) is 9.97 Å². The van der Waals surface area contributed by atoms with Crippen molar-refractivity contribution in [1.29, 1.82) is 0 Å². The SMILES string of the molecule is O=C(C=c1[nH]c(=O)c(=C2C=c3ncsc3=CC2)s1)c1ccccc1. The molecule has 1 aliphatic carbocycles. The van der Waals surface area contributed by atoms with E-state index in [-0.39, 0.29) is 11.3 Å². The molecule has 6 heteroatoms. The molecule has 118 valence electrons. The molecule has 0 saturated carbocycles. The maximum absolute atomic E-state index is 12.3. The van der Waals surface area contributed by atoms with Crippen LogP contribution in [0.15, 0.2) is 40.6 Å². The van der Waals surface area contributed by atoms with E-state index in [1.54, 1.807) is 29.0 Å². The fourth-order valence-electron chi connectivity index (χ4n) is 2.54. The molecule has 0 radical (unpaired) electrons. The van der Waals surface area contributed by atoms with Crippen molar-refractivity contribution in [3.05, 3.63) is 70.8 Å². The van der Waals surface area contributed by atoms with Gasteiger partial charge in [0.15, 0.2) is 5.78 Å². The first-order valence-electron chi connectivity index (χ1n) is 7.35. The number of nitrogens with zero attached hydrogens (tertiary/aromatic N) is 1. The van der Waals surface area contributed by atoms with Gasteiger partial charge in [-0.05, 0) is 18.1 Å². The zero-order chi connectivity index (χ0) is 16.5. The number of nitrogens with one attached hydrogen (secondary N) is 1. The molecule has 0 saturated heterocycles. The fourth-order valence-corrected chi connectivity index (χ4v) is 4.18. The Morgan fingerprint density at radius 2 is 2.08 bits per heavy atom. The molecule has 0 bridgehead atoms. The Morgan fingerprint density at radius 3 is 2.92 bits per heavy atom. The Morgan fingerprint density at radius 1 is 1.25 bits per heavy atom. The predicted molar refractivity (Wildman–Crippen MR) is 97.7 cm³/mol. The molecule has 0 unspecified atom stereocenters. The molecule has 1 aliphatic rings. The summed E-state index contributed by atoms with van der Waals surface area (Å²) in [6, 6.07) is 9.01. The number of aromatic nitrogens is 2. The van der Waals surface area contributed by atoms with Gasteiger partial charge in [-0.2, -0.15) is 0 Å². The third-order valence-electron chi connectivity index (χ3n) is 3.71. The number of Topliss-reactive ketones (excluding diaryl/α,β-unsaturated/α-hetero) is 1. The van der Waals surface area contributed by atoms with Gasteiger partial charge >= 0.3 is 0 Å².